The number of rotatable bonds is 2. The first-order chi connectivity index (χ1) is 19.4. The first kappa shape index (κ1) is 20.7. The van der Waals surface area contributed by atoms with Gasteiger partial charge < -0.3 is 8.98 Å². The molecule has 3 nitrogen and oxygen atoms in total. The lowest BCUT2D eigenvalue weighted by Gasteiger charge is -2.10. The summed E-state index contributed by atoms with van der Waals surface area (Å²) < 4.78 is 11.6. The molecular formula is C36H22N2O. The summed E-state index contributed by atoms with van der Waals surface area (Å²) in [7, 11) is 0. The van der Waals surface area contributed by atoms with Gasteiger partial charge in [0, 0.05) is 32.9 Å². The topological polar surface area (TPSA) is 23.0 Å². The molecule has 6 aromatic carbocycles. The van der Waals surface area contributed by atoms with E-state index in [-0.39, 0.29) is 0 Å². The molecule has 0 radical (unpaired) electrons. The second-order valence-electron chi connectivity index (χ2n) is 10.2. The van der Waals surface area contributed by atoms with Crippen molar-refractivity contribution in [3.05, 3.63) is 133 Å². The number of aromatic nitrogens is 2. The first-order valence-corrected chi connectivity index (χ1v) is 13.3. The maximum Gasteiger partial charge on any atom is 0.213 e. The summed E-state index contributed by atoms with van der Waals surface area (Å²) >= 11 is 0. The average molecular weight is 499 g/mol. The van der Waals surface area contributed by atoms with Gasteiger partial charge in [0.1, 0.15) is 0 Å². The molecule has 3 heterocycles. The zero-order chi connectivity index (χ0) is 25.5. The highest BCUT2D eigenvalue weighted by Gasteiger charge is 2.23. The van der Waals surface area contributed by atoms with Gasteiger partial charge in [0.15, 0.2) is 5.58 Å². The minimum atomic E-state index is 0.875. The van der Waals surface area contributed by atoms with Crippen molar-refractivity contribution in [2.45, 2.75) is 0 Å². The Balaban J connectivity index is 1.48. The standard InChI is InChI=1S/C36H22N2O/c1-2-12-25(13-3-1)38-32-17-9-7-15-29(32)33-30-21-20-28-27-14-6-8-16-31(27)37(34(28)35(30)39-36(33)38)26-19-18-23-10-4-5-11-24(23)22-26/h1-22H. The van der Waals surface area contributed by atoms with Crippen LogP contribution in [0.15, 0.2) is 138 Å². The molecule has 0 saturated carbocycles. The van der Waals surface area contributed by atoms with Crippen LogP contribution in [0.3, 0.4) is 0 Å². The molecule has 0 amide bonds. The van der Waals surface area contributed by atoms with E-state index in [4.69, 9.17) is 4.42 Å². The number of fused-ring (bicyclic) bond motifs is 10. The second kappa shape index (κ2) is 7.62. The van der Waals surface area contributed by atoms with Crippen molar-refractivity contribution >= 4 is 65.6 Å². The number of hydrogen-bond donors (Lipinski definition) is 0. The number of para-hydroxylation sites is 3. The van der Waals surface area contributed by atoms with E-state index in [2.05, 4.69) is 143 Å². The highest BCUT2D eigenvalue weighted by Crippen LogP contribution is 2.44. The highest BCUT2D eigenvalue weighted by molar-refractivity contribution is 6.26. The van der Waals surface area contributed by atoms with E-state index in [0.717, 1.165) is 44.5 Å². The maximum atomic E-state index is 6.96. The van der Waals surface area contributed by atoms with Gasteiger partial charge in [-0.2, -0.15) is 0 Å². The third kappa shape index (κ3) is 2.76. The molecular weight excluding hydrogens is 476 g/mol. The van der Waals surface area contributed by atoms with Gasteiger partial charge in [0.2, 0.25) is 5.71 Å². The van der Waals surface area contributed by atoms with Crippen molar-refractivity contribution in [2.24, 2.45) is 0 Å². The van der Waals surface area contributed by atoms with Crippen molar-refractivity contribution < 1.29 is 4.42 Å². The summed E-state index contributed by atoms with van der Waals surface area (Å²) in [6.07, 6.45) is 0. The molecule has 0 unspecified atom stereocenters. The SMILES string of the molecule is c1ccc(-n2c3ccccc3c3c4ccc5c6ccccc6n(-c6ccc7ccccc7c6)c5c4oc32)cc1. The lowest BCUT2D eigenvalue weighted by Crippen LogP contribution is -1.94. The Hall–Kier alpha value is -5.28. The van der Waals surface area contributed by atoms with Gasteiger partial charge >= 0.3 is 0 Å². The maximum absolute atomic E-state index is 6.96. The lowest BCUT2D eigenvalue weighted by molar-refractivity contribution is 0.647. The van der Waals surface area contributed by atoms with E-state index in [1.807, 2.05) is 0 Å². The summed E-state index contributed by atoms with van der Waals surface area (Å²) in [5.74, 6) is 0. The van der Waals surface area contributed by atoms with Crippen LogP contribution in [-0.4, -0.2) is 9.13 Å². The number of hydrogen-bond acceptors (Lipinski definition) is 1. The van der Waals surface area contributed by atoms with Gasteiger partial charge in [0.25, 0.3) is 0 Å². The summed E-state index contributed by atoms with van der Waals surface area (Å²) in [6, 6.07) is 47.5. The molecule has 0 aliphatic rings. The summed E-state index contributed by atoms with van der Waals surface area (Å²) in [5, 5.41) is 8.36. The minimum Gasteiger partial charge on any atom is -0.437 e. The molecule has 0 spiro atoms. The fraction of sp³-hybridized carbons (Fsp3) is 0. The Morgan fingerprint density at radius 1 is 0.436 bits per heavy atom. The van der Waals surface area contributed by atoms with E-state index in [1.165, 1.54) is 32.4 Å². The smallest absolute Gasteiger partial charge is 0.213 e. The lowest BCUT2D eigenvalue weighted by atomic mass is 10.1. The number of furan rings is 1. The Morgan fingerprint density at radius 3 is 1.95 bits per heavy atom. The molecule has 182 valence electrons. The molecule has 0 aliphatic heterocycles. The van der Waals surface area contributed by atoms with E-state index in [0.29, 0.717) is 0 Å². The normalized spacial score (nSPS) is 12.1. The van der Waals surface area contributed by atoms with Gasteiger partial charge in [-0.3, -0.25) is 4.57 Å². The first-order valence-electron chi connectivity index (χ1n) is 13.3. The van der Waals surface area contributed by atoms with Crippen LogP contribution < -0.4 is 0 Å². The van der Waals surface area contributed by atoms with Crippen LogP contribution in [-0.2, 0) is 0 Å². The van der Waals surface area contributed by atoms with Crippen LogP contribution >= 0.6 is 0 Å². The third-order valence-electron chi connectivity index (χ3n) is 8.10. The molecule has 39 heavy (non-hydrogen) atoms. The van der Waals surface area contributed by atoms with Crippen LogP contribution in [0.1, 0.15) is 0 Å². The summed E-state index contributed by atoms with van der Waals surface area (Å²) in [5.41, 5.74) is 7.43. The van der Waals surface area contributed by atoms with Crippen molar-refractivity contribution in [2.75, 3.05) is 0 Å². The second-order valence-corrected chi connectivity index (χ2v) is 10.2. The molecule has 3 aromatic heterocycles. The molecule has 0 fully saturated rings. The predicted octanol–water partition coefficient (Wildman–Crippen LogP) is 9.78. The van der Waals surface area contributed by atoms with Crippen LogP contribution in [0.5, 0.6) is 0 Å². The number of benzene rings is 6. The van der Waals surface area contributed by atoms with Crippen molar-refractivity contribution in [3.63, 3.8) is 0 Å². The van der Waals surface area contributed by atoms with Crippen molar-refractivity contribution in [1.29, 1.82) is 0 Å². The highest BCUT2D eigenvalue weighted by atomic mass is 16.3. The van der Waals surface area contributed by atoms with Crippen LogP contribution in [0.2, 0.25) is 0 Å². The Bertz CT molecular complexity index is 2390. The molecule has 0 atom stereocenters. The summed E-state index contributed by atoms with van der Waals surface area (Å²) in [6.45, 7) is 0. The monoisotopic (exact) mass is 498 g/mol. The van der Waals surface area contributed by atoms with Crippen molar-refractivity contribution in [3.8, 4) is 11.4 Å². The van der Waals surface area contributed by atoms with E-state index in [9.17, 15) is 0 Å². The quantitative estimate of drug-likeness (QED) is 0.233. The van der Waals surface area contributed by atoms with Gasteiger partial charge in [-0.05, 0) is 53.2 Å². The Morgan fingerprint density at radius 2 is 1.10 bits per heavy atom. The Labute approximate surface area is 223 Å². The van der Waals surface area contributed by atoms with Gasteiger partial charge in [-0.25, -0.2) is 0 Å². The molecule has 3 heteroatoms. The molecule has 9 aromatic rings. The number of nitrogens with zero attached hydrogens (tertiary/aromatic N) is 2. The van der Waals surface area contributed by atoms with E-state index in [1.54, 1.807) is 0 Å². The van der Waals surface area contributed by atoms with Crippen LogP contribution in [0, 0.1) is 0 Å². The molecule has 0 saturated heterocycles. The van der Waals surface area contributed by atoms with Crippen molar-refractivity contribution in [1.82, 2.24) is 9.13 Å². The fourth-order valence-electron chi connectivity index (χ4n) is 6.41. The summed E-state index contributed by atoms with van der Waals surface area (Å²) in [4.78, 5) is 0. The zero-order valence-corrected chi connectivity index (χ0v) is 21.0. The van der Waals surface area contributed by atoms with Gasteiger partial charge in [-0.1, -0.05) is 91.0 Å². The van der Waals surface area contributed by atoms with Crippen LogP contribution in [0.25, 0.3) is 76.9 Å². The zero-order valence-electron chi connectivity index (χ0n) is 21.0. The largest absolute Gasteiger partial charge is 0.437 e. The molecule has 9 rings (SSSR count). The fourth-order valence-corrected chi connectivity index (χ4v) is 6.41. The average Bonchev–Trinajstić information content (AvgIpc) is 3.64. The van der Waals surface area contributed by atoms with Crippen LogP contribution in [0.4, 0.5) is 0 Å². The third-order valence-corrected chi connectivity index (χ3v) is 8.10. The van der Waals surface area contributed by atoms with E-state index < -0.39 is 0 Å². The van der Waals surface area contributed by atoms with Gasteiger partial charge in [0.05, 0.1) is 21.9 Å². The molecule has 0 aliphatic carbocycles. The minimum absolute atomic E-state index is 0.875. The molecule has 0 N–H and O–H groups in total. The van der Waals surface area contributed by atoms with Gasteiger partial charge in [-0.15, -0.1) is 0 Å². The Kier molecular flexibility index (Phi) is 4.05. The predicted molar refractivity (Wildman–Crippen MR) is 162 cm³/mol. The molecule has 0 bridgehead atoms. The van der Waals surface area contributed by atoms with E-state index >= 15 is 0 Å².